The molecule has 0 saturated carbocycles. The molecule has 0 fully saturated rings. The van der Waals surface area contributed by atoms with E-state index in [2.05, 4.69) is 44.8 Å². The summed E-state index contributed by atoms with van der Waals surface area (Å²) in [6.45, 7) is 6.93. The van der Waals surface area contributed by atoms with Crippen LogP contribution in [0.1, 0.15) is 56.4 Å². The Morgan fingerprint density at radius 1 is 0.750 bits per heavy atom. The summed E-state index contributed by atoms with van der Waals surface area (Å²) in [6.07, 6.45) is 2.62. The Labute approximate surface area is 107 Å². The fourth-order valence-corrected chi connectivity index (χ4v) is 1.05. The lowest BCUT2D eigenvalue weighted by Gasteiger charge is -2.21. The summed E-state index contributed by atoms with van der Waals surface area (Å²) in [5, 5.41) is 0. The van der Waals surface area contributed by atoms with E-state index < -0.39 is 0 Å². The fraction of sp³-hybridized carbons (Fsp3) is 1.00. The molecule has 0 atom stereocenters. The molecule has 2 heteroatoms. The van der Waals surface area contributed by atoms with E-state index in [1.165, 1.54) is 25.9 Å². The molecule has 16 heavy (non-hydrogen) atoms. The summed E-state index contributed by atoms with van der Waals surface area (Å²) in [6, 6.07) is 0.685. The first-order chi connectivity index (χ1) is 5.54. The Morgan fingerprint density at radius 3 is 1.44 bits per heavy atom. The Kier molecular flexibility index (Phi) is 32.2. The second-order valence-electron chi connectivity index (χ2n) is 4.08. The second-order valence-corrected chi connectivity index (χ2v) is 4.08. The molecule has 2 nitrogen and oxygen atoms in total. The number of rotatable bonds is 6. The van der Waals surface area contributed by atoms with Gasteiger partial charge in [-0.3, -0.25) is 0 Å². The van der Waals surface area contributed by atoms with Crippen molar-refractivity contribution in [2.45, 2.75) is 62.4 Å². The van der Waals surface area contributed by atoms with Crippen LogP contribution in [0.4, 0.5) is 0 Å². The monoisotopic (exact) mass is 236 g/mol. The van der Waals surface area contributed by atoms with Gasteiger partial charge in [-0.25, -0.2) is 0 Å². The smallest absolute Gasteiger partial charge is 0.00355 e. The van der Waals surface area contributed by atoms with Gasteiger partial charge in [0.1, 0.15) is 0 Å². The molecule has 0 N–H and O–H groups in total. The van der Waals surface area contributed by atoms with Gasteiger partial charge in [-0.1, -0.05) is 29.7 Å². The summed E-state index contributed by atoms with van der Waals surface area (Å²) < 4.78 is 0. The third kappa shape index (κ3) is 19.5. The summed E-state index contributed by atoms with van der Waals surface area (Å²) >= 11 is 0. The number of hydrogen-bond acceptors (Lipinski definition) is 2. The van der Waals surface area contributed by atoms with Gasteiger partial charge in [0.05, 0.1) is 0 Å². The van der Waals surface area contributed by atoms with E-state index in [1.807, 2.05) is 0 Å². The molecule has 0 spiro atoms. The molecule has 0 aliphatic rings. The van der Waals surface area contributed by atoms with Crippen LogP contribution in [-0.2, 0) is 0 Å². The Hall–Kier alpha value is -0.0800. The van der Waals surface area contributed by atoms with Crippen LogP contribution in [0.2, 0.25) is 0 Å². The van der Waals surface area contributed by atoms with E-state index in [4.69, 9.17) is 0 Å². The lowest BCUT2D eigenvalue weighted by atomic mass is 10.2. The Bertz CT molecular complexity index is 101. The minimum absolute atomic E-state index is 0. The van der Waals surface area contributed by atoms with Crippen LogP contribution in [0, 0.1) is 0 Å². The predicted octanol–water partition coefficient (Wildman–Crippen LogP) is 4.21. The molecule has 0 aliphatic carbocycles. The maximum atomic E-state index is 2.40. The third-order valence-corrected chi connectivity index (χ3v) is 2.25. The van der Waals surface area contributed by atoms with Crippen molar-refractivity contribution < 1.29 is 0 Å². The highest BCUT2D eigenvalue weighted by Crippen LogP contribution is 1.98. The van der Waals surface area contributed by atoms with Crippen LogP contribution >= 0.6 is 0 Å². The van der Waals surface area contributed by atoms with Crippen molar-refractivity contribution in [1.82, 2.24) is 9.80 Å². The molecule has 0 aromatic rings. The van der Waals surface area contributed by atoms with Crippen molar-refractivity contribution >= 4 is 0 Å². The Balaban J connectivity index is -0.000000101. The zero-order valence-electron chi connectivity index (χ0n) is 9.30. The molecular formula is C14H40N2. The van der Waals surface area contributed by atoms with Crippen molar-refractivity contribution in [2.75, 3.05) is 34.2 Å². The zero-order chi connectivity index (χ0) is 9.56. The van der Waals surface area contributed by atoms with Crippen molar-refractivity contribution in [2.24, 2.45) is 0 Å². The molecule has 0 radical (unpaired) electrons. The molecule has 0 amide bonds. The van der Waals surface area contributed by atoms with Gasteiger partial charge in [-0.2, -0.15) is 0 Å². The fourth-order valence-electron chi connectivity index (χ4n) is 1.05. The molecule has 0 heterocycles. The zero-order valence-corrected chi connectivity index (χ0v) is 9.30. The van der Waals surface area contributed by atoms with E-state index in [9.17, 15) is 0 Å². The maximum absolute atomic E-state index is 2.40. The molecular weight excluding hydrogens is 196 g/mol. The van der Waals surface area contributed by atoms with Crippen LogP contribution in [0.25, 0.3) is 0 Å². The normalized spacial score (nSPS) is 9.00. The molecule has 0 bridgehead atoms. The summed E-state index contributed by atoms with van der Waals surface area (Å²) in [7, 11) is 6.46. The first kappa shape index (κ1) is 29.7. The van der Waals surface area contributed by atoms with E-state index >= 15 is 0 Å². The van der Waals surface area contributed by atoms with Gasteiger partial charge < -0.3 is 9.80 Å². The average Bonchev–Trinajstić information content (AvgIpc) is 1.97. The summed E-state index contributed by atoms with van der Waals surface area (Å²) in [5.74, 6) is 0. The highest BCUT2D eigenvalue weighted by molar-refractivity contribution is 4.57. The maximum Gasteiger partial charge on any atom is 0.00355 e. The molecule has 106 valence electrons. The van der Waals surface area contributed by atoms with Gasteiger partial charge in [-0.15, -0.1) is 0 Å². The van der Waals surface area contributed by atoms with Crippen molar-refractivity contribution in [3.63, 3.8) is 0 Å². The first-order valence-electron chi connectivity index (χ1n) is 4.89. The van der Waals surface area contributed by atoms with Crippen molar-refractivity contribution in [3.8, 4) is 0 Å². The highest BCUT2D eigenvalue weighted by Gasteiger charge is 2.01. The molecule has 0 aromatic carbocycles. The van der Waals surface area contributed by atoms with Gasteiger partial charge in [0, 0.05) is 6.04 Å². The van der Waals surface area contributed by atoms with Gasteiger partial charge in [-0.05, 0) is 60.9 Å². The average molecular weight is 236 g/mol. The van der Waals surface area contributed by atoms with Crippen LogP contribution < -0.4 is 0 Å². The lowest BCUT2D eigenvalue weighted by molar-refractivity contribution is 0.262. The van der Waals surface area contributed by atoms with Crippen LogP contribution in [-0.4, -0.2) is 50.1 Å². The largest absolute Gasteiger partial charge is 0.309 e. The van der Waals surface area contributed by atoms with Crippen molar-refractivity contribution in [1.29, 1.82) is 0 Å². The van der Waals surface area contributed by atoms with Gasteiger partial charge >= 0.3 is 0 Å². The van der Waals surface area contributed by atoms with Gasteiger partial charge in [0.25, 0.3) is 0 Å². The van der Waals surface area contributed by atoms with E-state index in [0.29, 0.717) is 6.04 Å². The van der Waals surface area contributed by atoms with Crippen LogP contribution in [0.15, 0.2) is 0 Å². The SMILES string of the molecule is C.C.C.C.CC(C)N(C)CCCCN(C)C. The first-order valence-corrected chi connectivity index (χ1v) is 4.89. The van der Waals surface area contributed by atoms with Crippen LogP contribution in [0.5, 0.6) is 0 Å². The standard InChI is InChI=1S/C10H24N2.4CH4/c1-10(2)12(5)9-7-6-8-11(3)4;;;;/h10H,6-9H2,1-5H3;4*1H4. The molecule has 0 aliphatic heterocycles. The lowest BCUT2D eigenvalue weighted by Crippen LogP contribution is -2.27. The summed E-state index contributed by atoms with van der Waals surface area (Å²) in [5.41, 5.74) is 0. The summed E-state index contributed by atoms with van der Waals surface area (Å²) in [4.78, 5) is 4.64. The van der Waals surface area contributed by atoms with E-state index in [1.54, 1.807) is 0 Å². The highest BCUT2D eigenvalue weighted by atomic mass is 15.1. The number of unbranched alkanes of at least 4 members (excludes halogenated alkanes) is 1. The Morgan fingerprint density at radius 2 is 1.12 bits per heavy atom. The molecule has 0 aromatic heterocycles. The third-order valence-electron chi connectivity index (χ3n) is 2.25. The van der Waals surface area contributed by atoms with Crippen LogP contribution in [0.3, 0.4) is 0 Å². The van der Waals surface area contributed by atoms with Gasteiger partial charge in [0.2, 0.25) is 0 Å². The van der Waals surface area contributed by atoms with Crippen molar-refractivity contribution in [3.05, 3.63) is 0 Å². The predicted molar refractivity (Wildman–Crippen MR) is 82.5 cm³/mol. The molecule has 0 rings (SSSR count). The minimum atomic E-state index is 0. The quantitative estimate of drug-likeness (QED) is 0.637. The van der Waals surface area contributed by atoms with E-state index in [-0.39, 0.29) is 29.7 Å². The second kappa shape index (κ2) is 17.3. The molecule has 0 saturated heterocycles. The topological polar surface area (TPSA) is 6.48 Å². The number of nitrogens with zero attached hydrogens (tertiary/aromatic N) is 2. The minimum Gasteiger partial charge on any atom is -0.309 e. The molecule has 0 unspecified atom stereocenters. The number of hydrogen-bond donors (Lipinski definition) is 0. The van der Waals surface area contributed by atoms with Gasteiger partial charge in [0.15, 0.2) is 0 Å². The van der Waals surface area contributed by atoms with E-state index in [0.717, 1.165) is 0 Å².